The van der Waals surface area contributed by atoms with Crippen LogP contribution in [-0.4, -0.2) is 42.0 Å². The van der Waals surface area contributed by atoms with E-state index >= 15 is 0 Å². The van der Waals surface area contributed by atoms with Crippen LogP contribution in [-0.2, 0) is 0 Å². The Morgan fingerprint density at radius 3 is 2.75 bits per heavy atom. The Morgan fingerprint density at radius 2 is 2.12 bits per heavy atom. The minimum Gasteiger partial charge on any atom is -0.507 e. The molecule has 3 N–H and O–H groups in total. The molecule has 2 heterocycles. The Labute approximate surface area is 138 Å². The molecule has 3 aromatic rings. The second-order valence-corrected chi connectivity index (χ2v) is 5.76. The van der Waals surface area contributed by atoms with Crippen molar-refractivity contribution in [2.24, 2.45) is 5.73 Å². The third-order valence-corrected chi connectivity index (χ3v) is 3.98. The number of hydrogen-bond acceptors (Lipinski definition) is 7. The van der Waals surface area contributed by atoms with Crippen LogP contribution >= 0.6 is 0 Å². The monoisotopic (exact) mass is 324 g/mol. The van der Waals surface area contributed by atoms with Gasteiger partial charge in [0.2, 0.25) is 0 Å². The lowest BCUT2D eigenvalue weighted by Crippen LogP contribution is -2.43. The maximum absolute atomic E-state index is 10.2. The van der Waals surface area contributed by atoms with Crippen LogP contribution in [0.15, 0.2) is 43.1 Å². The highest BCUT2D eigenvalue weighted by Crippen LogP contribution is 2.29. The van der Waals surface area contributed by atoms with Crippen molar-refractivity contribution in [2.45, 2.75) is 25.0 Å². The number of aromatic hydroxyl groups is 1. The van der Waals surface area contributed by atoms with Crippen LogP contribution in [0.25, 0.3) is 17.1 Å². The molecule has 0 aliphatic heterocycles. The molecular weight excluding hydrogens is 308 g/mol. The van der Waals surface area contributed by atoms with Gasteiger partial charge in [0.25, 0.3) is 5.88 Å². The van der Waals surface area contributed by atoms with E-state index < -0.39 is 0 Å². The number of rotatable bonds is 4. The predicted molar refractivity (Wildman–Crippen MR) is 85.7 cm³/mol. The Morgan fingerprint density at radius 1 is 1.25 bits per heavy atom. The fourth-order valence-corrected chi connectivity index (χ4v) is 2.60. The van der Waals surface area contributed by atoms with Crippen LogP contribution < -0.4 is 10.5 Å². The topological polar surface area (TPSA) is 112 Å². The summed E-state index contributed by atoms with van der Waals surface area (Å²) in [6, 6.07) is 5.43. The van der Waals surface area contributed by atoms with E-state index in [0.29, 0.717) is 17.3 Å². The van der Waals surface area contributed by atoms with Crippen LogP contribution in [0.1, 0.15) is 12.8 Å². The van der Waals surface area contributed by atoms with Crippen LogP contribution in [0.5, 0.6) is 11.6 Å². The van der Waals surface area contributed by atoms with Gasteiger partial charge in [-0.05, 0) is 25.0 Å². The average Bonchev–Trinajstić information content (AvgIpc) is 3.09. The predicted octanol–water partition coefficient (Wildman–Crippen LogP) is 1.30. The van der Waals surface area contributed by atoms with E-state index in [1.54, 1.807) is 35.4 Å². The van der Waals surface area contributed by atoms with Gasteiger partial charge in [0.15, 0.2) is 5.82 Å². The molecule has 0 spiro atoms. The smallest absolute Gasteiger partial charge is 0.252 e. The first kappa shape index (κ1) is 14.6. The number of aromatic nitrogens is 5. The molecule has 0 saturated heterocycles. The van der Waals surface area contributed by atoms with Crippen molar-refractivity contribution >= 4 is 0 Å². The summed E-state index contributed by atoms with van der Waals surface area (Å²) < 4.78 is 7.42. The molecule has 1 aromatic carbocycles. The molecule has 122 valence electrons. The highest BCUT2D eigenvalue weighted by Gasteiger charge is 2.28. The molecule has 0 unspecified atom stereocenters. The van der Waals surface area contributed by atoms with Gasteiger partial charge >= 0.3 is 0 Å². The lowest BCUT2D eigenvalue weighted by atomic mass is 9.90. The first-order valence-electron chi connectivity index (χ1n) is 7.63. The first-order chi connectivity index (χ1) is 11.7. The second kappa shape index (κ2) is 5.89. The minimum absolute atomic E-state index is 0.0710. The van der Waals surface area contributed by atoms with Crippen molar-refractivity contribution in [1.29, 1.82) is 0 Å². The molecule has 1 fully saturated rings. The van der Waals surface area contributed by atoms with Gasteiger partial charge in [0.1, 0.15) is 11.9 Å². The van der Waals surface area contributed by atoms with Gasteiger partial charge in [-0.1, -0.05) is 0 Å². The summed E-state index contributed by atoms with van der Waals surface area (Å²) in [5, 5.41) is 18.3. The number of nitrogens with zero attached hydrogens (tertiary/aromatic N) is 5. The molecule has 0 bridgehead atoms. The number of imidazole rings is 1. The van der Waals surface area contributed by atoms with Crippen LogP contribution in [0.4, 0.5) is 0 Å². The highest BCUT2D eigenvalue weighted by atomic mass is 16.5. The molecular formula is C16H16N6O2. The zero-order chi connectivity index (χ0) is 16.5. The van der Waals surface area contributed by atoms with Gasteiger partial charge < -0.3 is 20.1 Å². The number of phenolic OH excluding ortho intramolecular Hbond substituents is 1. The largest absolute Gasteiger partial charge is 0.507 e. The fourth-order valence-electron chi connectivity index (χ4n) is 2.60. The first-order valence-corrected chi connectivity index (χ1v) is 7.63. The maximum Gasteiger partial charge on any atom is 0.252 e. The molecule has 2 aromatic heterocycles. The Bertz CT molecular complexity index is 828. The summed E-state index contributed by atoms with van der Waals surface area (Å²) in [5.74, 6) is 0.772. The van der Waals surface area contributed by atoms with E-state index in [-0.39, 0.29) is 17.9 Å². The lowest BCUT2D eigenvalue weighted by molar-refractivity contribution is 0.0942. The molecule has 0 radical (unpaired) electrons. The minimum atomic E-state index is 0.0710. The van der Waals surface area contributed by atoms with Gasteiger partial charge in [-0.3, -0.25) is 0 Å². The molecule has 1 aliphatic carbocycles. The van der Waals surface area contributed by atoms with E-state index in [1.807, 2.05) is 6.07 Å². The summed E-state index contributed by atoms with van der Waals surface area (Å²) in [5.41, 5.74) is 7.02. The quantitative estimate of drug-likeness (QED) is 0.743. The Kier molecular flexibility index (Phi) is 3.58. The summed E-state index contributed by atoms with van der Waals surface area (Å²) in [6.45, 7) is 0. The van der Waals surface area contributed by atoms with Gasteiger partial charge in [-0.2, -0.15) is 0 Å². The molecule has 8 heteroatoms. The SMILES string of the molecule is NC1CC(Oc2cnc(-c3ccc(-n4ccnc4)cc3O)nn2)C1. The third-order valence-electron chi connectivity index (χ3n) is 3.98. The Balaban J connectivity index is 1.53. The van der Waals surface area contributed by atoms with Gasteiger partial charge in [0, 0.05) is 24.5 Å². The van der Waals surface area contributed by atoms with Crippen LogP contribution in [0.2, 0.25) is 0 Å². The molecule has 24 heavy (non-hydrogen) atoms. The van der Waals surface area contributed by atoms with E-state index in [1.165, 1.54) is 6.20 Å². The number of hydrogen-bond donors (Lipinski definition) is 2. The molecule has 0 amide bonds. The molecule has 8 nitrogen and oxygen atoms in total. The molecule has 1 aliphatic rings. The third kappa shape index (κ3) is 2.79. The number of ether oxygens (including phenoxy) is 1. The maximum atomic E-state index is 10.2. The normalized spacial score (nSPS) is 19.7. The van der Waals surface area contributed by atoms with E-state index in [0.717, 1.165) is 18.5 Å². The van der Waals surface area contributed by atoms with Crippen LogP contribution in [0, 0.1) is 0 Å². The average molecular weight is 324 g/mol. The van der Waals surface area contributed by atoms with Crippen LogP contribution in [0.3, 0.4) is 0 Å². The summed E-state index contributed by atoms with van der Waals surface area (Å²) >= 11 is 0. The highest BCUT2D eigenvalue weighted by molar-refractivity contribution is 5.65. The molecule has 0 atom stereocenters. The summed E-state index contributed by atoms with van der Waals surface area (Å²) in [4.78, 5) is 8.21. The van der Waals surface area contributed by atoms with Crippen molar-refractivity contribution in [3.8, 4) is 28.7 Å². The zero-order valence-electron chi connectivity index (χ0n) is 12.8. The van der Waals surface area contributed by atoms with E-state index in [9.17, 15) is 5.11 Å². The summed E-state index contributed by atoms with van der Waals surface area (Å²) in [6.07, 6.45) is 8.36. The van der Waals surface area contributed by atoms with Crippen molar-refractivity contribution in [3.63, 3.8) is 0 Å². The van der Waals surface area contributed by atoms with E-state index in [4.69, 9.17) is 10.5 Å². The summed E-state index contributed by atoms with van der Waals surface area (Å²) in [7, 11) is 0. The van der Waals surface area contributed by atoms with Gasteiger partial charge in [-0.25, -0.2) is 9.97 Å². The number of benzene rings is 1. The fraction of sp³-hybridized carbons (Fsp3) is 0.250. The Hall–Kier alpha value is -3.00. The lowest BCUT2D eigenvalue weighted by Gasteiger charge is -2.31. The second-order valence-electron chi connectivity index (χ2n) is 5.76. The number of nitrogens with two attached hydrogens (primary N) is 1. The number of phenols is 1. The van der Waals surface area contributed by atoms with Gasteiger partial charge in [0.05, 0.1) is 23.8 Å². The standard InChI is InChI=1S/C16H16N6O2/c17-10-5-12(6-10)24-15-8-19-16(21-20-15)13-2-1-11(7-14(13)23)22-4-3-18-9-22/h1-4,7-10,12,23H,5-6,17H2. The van der Waals surface area contributed by atoms with Crippen molar-refractivity contribution in [2.75, 3.05) is 0 Å². The van der Waals surface area contributed by atoms with Crippen molar-refractivity contribution < 1.29 is 9.84 Å². The van der Waals surface area contributed by atoms with Crippen molar-refractivity contribution in [1.82, 2.24) is 24.7 Å². The van der Waals surface area contributed by atoms with Crippen molar-refractivity contribution in [3.05, 3.63) is 43.1 Å². The van der Waals surface area contributed by atoms with E-state index in [2.05, 4.69) is 20.2 Å². The molecule has 1 saturated carbocycles. The molecule has 4 rings (SSSR count). The zero-order valence-corrected chi connectivity index (χ0v) is 12.8. The van der Waals surface area contributed by atoms with Gasteiger partial charge in [-0.15, -0.1) is 10.2 Å².